The van der Waals surface area contributed by atoms with Crippen LogP contribution in [0, 0.1) is 5.82 Å². The number of halogens is 4. The monoisotopic (exact) mass is 385 g/mol. The minimum atomic E-state index is -5.36. The highest BCUT2D eigenvalue weighted by molar-refractivity contribution is 5.99. The summed E-state index contributed by atoms with van der Waals surface area (Å²) >= 11 is 0. The molecule has 144 valence electrons. The van der Waals surface area contributed by atoms with Gasteiger partial charge < -0.3 is 15.4 Å². The van der Waals surface area contributed by atoms with Gasteiger partial charge in [-0.3, -0.25) is 9.78 Å². The van der Waals surface area contributed by atoms with Crippen LogP contribution in [-0.2, 0) is 9.53 Å². The quantitative estimate of drug-likeness (QED) is 0.454. The second-order valence-corrected chi connectivity index (χ2v) is 5.27. The number of anilines is 1. The molecular formula is C17H15F4N3O3. The lowest BCUT2D eigenvalue weighted by Gasteiger charge is -2.35. The molecule has 1 atom stereocenters. The fourth-order valence-electron chi connectivity index (χ4n) is 2.13. The van der Waals surface area contributed by atoms with Gasteiger partial charge in [0.2, 0.25) is 0 Å². The first kappa shape index (κ1) is 20.1. The molecule has 6 nitrogen and oxygen atoms in total. The molecule has 2 N–H and O–H groups in total. The predicted molar refractivity (Wildman–Crippen MR) is 87.1 cm³/mol. The number of esters is 1. The first-order valence-electron chi connectivity index (χ1n) is 7.70. The van der Waals surface area contributed by atoms with Crippen molar-refractivity contribution in [1.29, 1.82) is 0 Å². The molecule has 0 unspecified atom stereocenters. The van der Waals surface area contributed by atoms with E-state index in [9.17, 15) is 27.2 Å². The highest BCUT2D eigenvalue weighted by atomic mass is 19.4. The number of carbonyl (C=O) groups excluding carboxylic acids is 2. The summed E-state index contributed by atoms with van der Waals surface area (Å²) in [4.78, 5) is 28.2. The van der Waals surface area contributed by atoms with Gasteiger partial charge in [0.15, 0.2) is 0 Å². The zero-order valence-corrected chi connectivity index (χ0v) is 14.0. The summed E-state index contributed by atoms with van der Waals surface area (Å²) in [5, 5.41) is 3.35. The fourth-order valence-corrected chi connectivity index (χ4v) is 2.13. The highest BCUT2D eigenvalue weighted by Crippen LogP contribution is 2.34. The van der Waals surface area contributed by atoms with Gasteiger partial charge in [-0.2, -0.15) is 13.2 Å². The Morgan fingerprint density at radius 1 is 1.15 bits per heavy atom. The molecule has 10 heteroatoms. The number of hydrogen-bond acceptors (Lipinski definition) is 5. The Bertz CT molecular complexity index is 815. The summed E-state index contributed by atoms with van der Waals surface area (Å²) in [6.45, 7) is 0.906. The van der Waals surface area contributed by atoms with Crippen molar-refractivity contribution in [2.45, 2.75) is 18.8 Å². The second kappa shape index (κ2) is 8.02. The Hall–Kier alpha value is -3.17. The Kier molecular flexibility index (Phi) is 5.98. The van der Waals surface area contributed by atoms with E-state index in [0.29, 0.717) is 0 Å². The fraction of sp³-hybridized carbons (Fsp3) is 0.235. The Morgan fingerprint density at radius 2 is 1.85 bits per heavy atom. The first-order valence-corrected chi connectivity index (χ1v) is 7.70. The summed E-state index contributed by atoms with van der Waals surface area (Å²) in [5.41, 5.74) is -4.59. The smallest absolute Gasteiger partial charge is 0.441 e. The SMILES string of the molecule is CCOC(=O)[C@](NC(=O)c1cccnc1)(Nc1ccccc1F)C(F)(F)F. The summed E-state index contributed by atoms with van der Waals surface area (Å²) in [6, 6.07) is 6.95. The number of rotatable bonds is 6. The maximum absolute atomic E-state index is 13.9. The van der Waals surface area contributed by atoms with Crippen LogP contribution in [0.25, 0.3) is 0 Å². The molecule has 2 aromatic rings. The van der Waals surface area contributed by atoms with E-state index >= 15 is 0 Å². The van der Waals surface area contributed by atoms with Crippen LogP contribution in [-0.4, -0.2) is 35.3 Å². The van der Waals surface area contributed by atoms with E-state index in [1.165, 1.54) is 37.4 Å². The maximum Gasteiger partial charge on any atom is 0.441 e. The van der Waals surface area contributed by atoms with E-state index < -0.39 is 41.8 Å². The van der Waals surface area contributed by atoms with Gasteiger partial charge >= 0.3 is 17.8 Å². The van der Waals surface area contributed by atoms with Gasteiger partial charge in [0.1, 0.15) is 5.82 Å². The van der Waals surface area contributed by atoms with Gasteiger partial charge in [0.25, 0.3) is 5.91 Å². The van der Waals surface area contributed by atoms with E-state index in [4.69, 9.17) is 0 Å². The number of hydrogen-bond donors (Lipinski definition) is 2. The van der Waals surface area contributed by atoms with Crippen LogP contribution in [0.1, 0.15) is 17.3 Å². The molecular weight excluding hydrogens is 370 g/mol. The molecule has 0 saturated heterocycles. The van der Waals surface area contributed by atoms with E-state index in [2.05, 4.69) is 9.72 Å². The summed E-state index contributed by atoms with van der Waals surface area (Å²) in [5.74, 6) is -4.14. The van der Waals surface area contributed by atoms with Crippen molar-refractivity contribution < 1.29 is 31.9 Å². The molecule has 0 saturated carbocycles. The molecule has 0 aliphatic heterocycles. The number of amides is 1. The van der Waals surface area contributed by atoms with E-state index in [1.54, 1.807) is 10.6 Å². The molecule has 0 aliphatic carbocycles. The molecule has 1 heterocycles. The lowest BCUT2D eigenvalue weighted by Crippen LogP contribution is -2.69. The third-order valence-electron chi connectivity index (χ3n) is 3.43. The number of benzene rings is 1. The molecule has 1 aromatic carbocycles. The van der Waals surface area contributed by atoms with Crippen molar-refractivity contribution in [1.82, 2.24) is 10.3 Å². The van der Waals surface area contributed by atoms with Crippen LogP contribution in [0.15, 0.2) is 48.8 Å². The normalized spacial score (nSPS) is 13.4. The maximum atomic E-state index is 13.9. The van der Waals surface area contributed by atoms with Crippen LogP contribution in [0.3, 0.4) is 0 Å². The summed E-state index contributed by atoms with van der Waals surface area (Å²) in [6.07, 6.45) is -3.03. The molecule has 0 bridgehead atoms. The van der Waals surface area contributed by atoms with Gasteiger partial charge in [-0.15, -0.1) is 0 Å². The average molecular weight is 385 g/mol. The average Bonchev–Trinajstić information content (AvgIpc) is 2.62. The van der Waals surface area contributed by atoms with Crippen LogP contribution < -0.4 is 10.6 Å². The van der Waals surface area contributed by atoms with Crippen LogP contribution in [0.5, 0.6) is 0 Å². The number of ether oxygens (including phenoxy) is 1. The number of pyridine rings is 1. The lowest BCUT2D eigenvalue weighted by atomic mass is 10.1. The molecule has 0 fully saturated rings. The van der Waals surface area contributed by atoms with Crippen molar-refractivity contribution >= 4 is 17.6 Å². The number of nitrogens with one attached hydrogen (secondary N) is 2. The number of carbonyl (C=O) groups is 2. The molecule has 0 aliphatic rings. The van der Waals surface area contributed by atoms with Crippen molar-refractivity contribution in [2.75, 3.05) is 11.9 Å². The molecule has 27 heavy (non-hydrogen) atoms. The Balaban J connectivity index is 2.52. The van der Waals surface area contributed by atoms with Gasteiger partial charge in [-0.1, -0.05) is 12.1 Å². The van der Waals surface area contributed by atoms with Crippen LogP contribution >= 0.6 is 0 Å². The number of alkyl halides is 3. The van der Waals surface area contributed by atoms with Crippen LogP contribution in [0.4, 0.5) is 23.2 Å². The van der Waals surface area contributed by atoms with Crippen molar-refractivity contribution in [3.05, 3.63) is 60.2 Å². The first-order chi connectivity index (χ1) is 12.7. The zero-order chi connectivity index (χ0) is 20.1. The molecule has 1 aromatic heterocycles. The van der Waals surface area contributed by atoms with Gasteiger partial charge in [-0.05, 0) is 31.2 Å². The molecule has 0 spiro atoms. The molecule has 0 radical (unpaired) electrons. The predicted octanol–water partition coefficient (Wildman–Crippen LogP) is 2.88. The van der Waals surface area contributed by atoms with E-state index in [-0.39, 0.29) is 5.56 Å². The third-order valence-corrected chi connectivity index (χ3v) is 3.43. The standard InChI is InChI=1S/C17H15F4N3O3/c1-2-27-15(26)16(17(19,20)21,23-13-8-4-3-7-12(13)18)24-14(25)11-6-5-9-22-10-11/h3-10,23H,2H2,1H3,(H,24,25)/t16-/m1/s1. The van der Waals surface area contributed by atoms with Crippen molar-refractivity contribution in [3.8, 4) is 0 Å². The Labute approximate surface area is 151 Å². The molecule has 1 amide bonds. The van der Waals surface area contributed by atoms with Crippen molar-refractivity contribution in [3.63, 3.8) is 0 Å². The topological polar surface area (TPSA) is 80.3 Å². The van der Waals surface area contributed by atoms with Gasteiger partial charge in [0.05, 0.1) is 17.9 Å². The largest absolute Gasteiger partial charge is 0.463 e. The number of aromatic nitrogens is 1. The zero-order valence-electron chi connectivity index (χ0n) is 14.0. The minimum Gasteiger partial charge on any atom is -0.463 e. The second-order valence-electron chi connectivity index (χ2n) is 5.27. The van der Waals surface area contributed by atoms with E-state index in [0.717, 1.165) is 18.3 Å². The van der Waals surface area contributed by atoms with Gasteiger partial charge in [-0.25, -0.2) is 9.18 Å². The van der Waals surface area contributed by atoms with Crippen LogP contribution in [0.2, 0.25) is 0 Å². The van der Waals surface area contributed by atoms with Gasteiger partial charge in [0, 0.05) is 12.4 Å². The summed E-state index contributed by atoms with van der Waals surface area (Å²) < 4.78 is 60.2. The minimum absolute atomic E-state index is 0.231. The van der Waals surface area contributed by atoms with E-state index in [1.807, 2.05) is 0 Å². The summed E-state index contributed by atoms with van der Waals surface area (Å²) in [7, 11) is 0. The van der Waals surface area contributed by atoms with Crippen molar-refractivity contribution in [2.24, 2.45) is 0 Å². The number of nitrogens with zero attached hydrogens (tertiary/aromatic N) is 1. The lowest BCUT2D eigenvalue weighted by molar-refractivity contribution is -0.204. The Morgan fingerprint density at radius 3 is 2.41 bits per heavy atom. The third kappa shape index (κ3) is 4.33. The number of para-hydroxylation sites is 1. The molecule has 2 rings (SSSR count). The highest BCUT2D eigenvalue weighted by Gasteiger charge is 2.64.